The van der Waals surface area contributed by atoms with Gasteiger partial charge in [-0.25, -0.2) is 4.79 Å². The second-order valence-corrected chi connectivity index (χ2v) is 9.46. The van der Waals surface area contributed by atoms with Gasteiger partial charge in [0.15, 0.2) is 12.4 Å². The fraction of sp³-hybridized carbons (Fsp3) is 0.519. The zero-order valence-corrected chi connectivity index (χ0v) is 20.6. The Hall–Kier alpha value is -3.17. The second-order valence-electron chi connectivity index (χ2n) is 9.46. The number of amides is 2. The molecule has 2 N–H and O–H groups in total. The summed E-state index contributed by atoms with van der Waals surface area (Å²) in [4.78, 5) is 40.5. The quantitative estimate of drug-likeness (QED) is 0.485. The van der Waals surface area contributed by atoms with Crippen LogP contribution in [-0.4, -0.2) is 73.7 Å². The van der Waals surface area contributed by atoms with Crippen LogP contribution in [0.3, 0.4) is 0 Å². The van der Waals surface area contributed by atoms with Crippen molar-refractivity contribution in [3.63, 3.8) is 0 Å². The zero-order chi connectivity index (χ0) is 25.2. The van der Waals surface area contributed by atoms with E-state index in [1.165, 1.54) is 18.8 Å². The van der Waals surface area contributed by atoms with Crippen LogP contribution < -0.4 is 10.6 Å². The molecule has 2 fully saturated rings. The van der Waals surface area contributed by atoms with Crippen molar-refractivity contribution in [1.82, 2.24) is 15.5 Å². The lowest BCUT2D eigenvalue weighted by atomic mass is 9.79. The number of esters is 1. The highest BCUT2D eigenvalue weighted by Crippen LogP contribution is 2.33. The van der Waals surface area contributed by atoms with Crippen LogP contribution in [0.2, 0.25) is 0 Å². The monoisotopic (exact) mass is 497 g/mol. The molecule has 0 radical (unpaired) electrons. The molecule has 2 amide bonds. The highest BCUT2D eigenvalue weighted by molar-refractivity contribution is 5.94. The van der Waals surface area contributed by atoms with Crippen LogP contribution in [0, 0.1) is 0 Å². The summed E-state index contributed by atoms with van der Waals surface area (Å²) in [6.45, 7) is 3.26. The highest BCUT2D eigenvalue weighted by atomic mass is 16.5. The van der Waals surface area contributed by atoms with Crippen molar-refractivity contribution in [3.8, 4) is 0 Å². The fourth-order valence-electron chi connectivity index (χ4n) is 5.08. The molecule has 9 nitrogen and oxygen atoms in total. The van der Waals surface area contributed by atoms with E-state index in [1.807, 2.05) is 30.3 Å². The van der Waals surface area contributed by atoms with Gasteiger partial charge in [-0.15, -0.1) is 0 Å². The third-order valence-electron chi connectivity index (χ3n) is 7.04. The summed E-state index contributed by atoms with van der Waals surface area (Å²) in [6.07, 6.45) is 7.17. The molecule has 2 aromatic rings. The lowest BCUT2D eigenvalue weighted by Gasteiger charge is -2.48. The number of benzene rings is 1. The molecular weight excluding hydrogens is 462 g/mol. The Balaban J connectivity index is 1.32. The van der Waals surface area contributed by atoms with Crippen molar-refractivity contribution < 1.29 is 28.3 Å². The Kier molecular flexibility index (Phi) is 9.13. The summed E-state index contributed by atoms with van der Waals surface area (Å²) in [5, 5.41) is 5.66. The van der Waals surface area contributed by atoms with Crippen LogP contribution in [0.5, 0.6) is 0 Å². The largest absolute Gasteiger partial charge is 0.459 e. The summed E-state index contributed by atoms with van der Waals surface area (Å²) in [5.74, 6) is -1.45. The van der Waals surface area contributed by atoms with Gasteiger partial charge in [0.1, 0.15) is 6.04 Å². The van der Waals surface area contributed by atoms with Crippen LogP contribution in [0.1, 0.15) is 48.2 Å². The van der Waals surface area contributed by atoms with E-state index in [4.69, 9.17) is 13.9 Å². The van der Waals surface area contributed by atoms with Gasteiger partial charge in [-0.2, -0.15) is 0 Å². The minimum Gasteiger partial charge on any atom is -0.459 e. The zero-order valence-electron chi connectivity index (χ0n) is 20.6. The van der Waals surface area contributed by atoms with Crippen molar-refractivity contribution in [2.75, 3.05) is 39.5 Å². The molecule has 9 heteroatoms. The van der Waals surface area contributed by atoms with E-state index in [2.05, 4.69) is 15.5 Å². The van der Waals surface area contributed by atoms with Crippen molar-refractivity contribution in [3.05, 3.63) is 60.1 Å². The van der Waals surface area contributed by atoms with Crippen LogP contribution in [0.25, 0.3) is 0 Å². The van der Waals surface area contributed by atoms with Gasteiger partial charge in [-0.1, -0.05) is 49.6 Å². The third kappa shape index (κ3) is 6.95. The predicted molar refractivity (Wildman–Crippen MR) is 132 cm³/mol. The van der Waals surface area contributed by atoms with Crippen LogP contribution in [-0.2, 0) is 25.5 Å². The van der Waals surface area contributed by atoms with E-state index in [0.29, 0.717) is 19.8 Å². The van der Waals surface area contributed by atoms with Crippen LogP contribution in [0.15, 0.2) is 53.1 Å². The van der Waals surface area contributed by atoms with E-state index >= 15 is 0 Å². The minimum absolute atomic E-state index is 0.0748. The summed E-state index contributed by atoms with van der Waals surface area (Å²) in [5.41, 5.74) is 0.780. The molecule has 2 heterocycles. The number of carbonyl (C=O) groups excluding carboxylic acids is 3. The Morgan fingerprint density at radius 3 is 2.44 bits per heavy atom. The Morgan fingerprint density at radius 2 is 1.75 bits per heavy atom. The number of hydrogen-bond acceptors (Lipinski definition) is 7. The molecule has 1 aliphatic heterocycles. The van der Waals surface area contributed by atoms with Gasteiger partial charge in [0.25, 0.3) is 11.8 Å². The van der Waals surface area contributed by atoms with Gasteiger partial charge in [0.2, 0.25) is 0 Å². The maximum Gasteiger partial charge on any atom is 0.329 e. The van der Waals surface area contributed by atoms with E-state index in [1.54, 1.807) is 6.07 Å². The summed E-state index contributed by atoms with van der Waals surface area (Å²) in [6, 6.07) is 11.5. The van der Waals surface area contributed by atoms with Crippen molar-refractivity contribution in [1.29, 1.82) is 0 Å². The standard InChI is InChI=1S/C27H35N3O6/c31-24(28-20-27(11-5-2-6-12-27)30-13-16-34-17-14-30)19-36-26(33)22(18-21-8-3-1-4-9-21)29-25(32)23-10-7-15-35-23/h1,3-4,7-10,15,22H,2,5-6,11-14,16-20H2,(H,28,31)(H,29,32)/t22-/m0/s1. The molecule has 2 aliphatic rings. The number of carbonyl (C=O) groups is 3. The van der Waals surface area contributed by atoms with Gasteiger partial charge in [-0.05, 0) is 30.5 Å². The first kappa shape index (κ1) is 25.9. The van der Waals surface area contributed by atoms with E-state index in [9.17, 15) is 14.4 Å². The molecule has 1 aliphatic carbocycles. The molecule has 1 saturated heterocycles. The fourth-order valence-corrected chi connectivity index (χ4v) is 5.08. The average Bonchev–Trinajstić information content (AvgIpc) is 3.47. The number of nitrogens with one attached hydrogen (secondary N) is 2. The SMILES string of the molecule is O=C(COC(=O)[C@H](Cc1ccccc1)NC(=O)c1ccco1)NCC1(N2CCOCC2)CCCCC1. The molecule has 0 bridgehead atoms. The van der Waals surface area contributed by atoms with Crippen molar-refractivity contribution in [2.45, 2.75) is 50.1 Å². The van der Waals surface area contributed by atoms with Gasteiger partial charge in [-0.3, -0.25) is 14.5 Å². The second kappa shape index (κ2) is 12.7. The van der Waals surface area contributed by atoms with Crippen LogP contribution >= 0.6 is 0 Å². The maximum absolute atomic E-state index is 12.9. The number of furan rings is 1. The summed E-state index contributed by atoms with van der Waals surface area (Å²) in [7, 11) is 0. The first-order valence-corrected chi connectivity index (χ1v) is 12.7. The van der Waals surface area contributed by atoms with E-state index < -0.39 is 24.5 Å². The number of hydrogen-bond donors (Lipinski definition) is 2. The molecule has 0 unspecified atom stereocenters. The molecule has 194 valence electrons. The maximum atomic E-state index is 12.9. The smallest absolute Gasteiger partial charge is 0.329 e. The molecule has 1 aromatic carbocycles. The van der Waals surface area contributed by atoms with Gasteiger partial charge in [0.05, 0.1) is 19.5 Å². The Morgan fingerprint density at radius 1 is 1.00 bits per heavy atom. The first-order chi connectivity index (χ1) is 17.6. The molecule has 1 aromatic heterocycles. The molecule has 0 spiro atoms. The van der Waals surface area contributed by atoms with Crippen molar-refractivity contribution >= 4 is 17.8 Å². The average molecular weight is 498 g/mol. The lowest BCUT2D eigenvalue weighted by Crippen LogP contribution is -2.60. The molecular formula is C27H35N3O6. The van der Waals surface area contributed by atoms with Crippen LogP contribution in [0.4, 0.5) is 0 Å². The number of ether oxygens (including phenoxy) is 2. The Bertz CT molecular complexity index is 982. The number of nitrogens with zero attached hydrogens (tertiary/aromatic N) is 1. The normalized spacial score (nSPS) is 18.7. The van der Waals surface area contributed by atoms with Crippen molar-refractivity contribution in [2.24, 2.45) is 0 Å². The highest BCUT2D eigenvalue weighted by Gasteiger charge is 2.39. The molecule has 1 saturated carbocycles. The minimum atomic E-state index is -0.962. The number of morpholine rings is 1. The topological polar surface area (TPSA) is 110 Å². The van der Waals surface area contributed by atoms with Gasteiger partial charge >= 0.3 is 5.97 Å². The third-order valence-corrected chi connectivity index (χ3v) is 7.04. The summed E-state index contributed by atoms with van der Waals surface area (Å²) < 4.78 is 16.0. The van der Waals surface area contributed by atoms with E-state index in [-0.39, 0.29) is 23.6 Å². The van der Waals surface area contributed by atoms with Gasteiger partial charge < -0.3 is 24.5 Å². The number of rotatable bonds is 10. The molecule has 4 rings (SSSR count). The predicted octanol–water partition coefficient (Wildman–Crippen LogP) is 2.32. The summed E-state index contributed by atoms with van der Waals surface area (Å²) >= 11 is 0. The lowest BCUT2D eigenvalue weighted by molar-refractivity contribution is -0.150. The molecule has 1 atom stereocenters. The molecule has 36 heavy (non-hydrogen) atoms. The first-order valence-electron chi connectivity index (χ1n) is 12.7. The van der Waals surface area contributed by atoms with Gasteiger partial charge in [0, 0.05) is 31.6 Å². The van der Waals surface area contributed by atoms with E-state index in [0.717, 1.165) is 44.3 Å². The Labute approximate surface area is 211 Å².